The maximum Gasteiger partial charge on any atom is 0.336 e. The fraction of sp³-hybridized carbons (Fsp3) is 0.250. The molecule has 0 heterocycles. The Labute approximate surface area is 341 Å². The summed E-state index contributed by atoms with van der Waals surface area (Å²) in [5, 5.41) is 28.0. The molecule has 0 fully saturated rings. The molecule has 0 saturated carbocycles. The maximum absolute atomic E-state index is 11.7. The van der Waals surface area contributed by atoms with Crippen molar-refractivity contribution in [3.8, 4) is 34.1 Å². The van der Waals surface area contributed by atoms with Gasteiger partial charge in [0.2, 0.25) is 0 Å². The van der Waals surface area contributed by atoms with E-state index >= 15 is 0 Å². The van der Waals surface area contributed by atoms with Crippen LogP contribution in [0.15, 0.2) is 128 Å². The third kappa shape index (κ3) is 19.8. The van der Waals surface area contributed by atoms with Crippen LogP contribution in [-0.4, -0.2) is 46.3 Å². The van der Waals surface area contributed by atoms with E-state index in [9.17, 15) is 29.4 Å². The van der Waals surface area contributed by atoms with Gasteiger partial charge in [0.1, 0.15) is 11.5 Å². The Morgan fingerprint density at radius 2 is 1.14 bits per heavy atom. The topological polar surface area (TPSA) is 157 Å². The van der Waals surface area contributed by atoms with Gasteiger partial charge in [0.25, 0.3) is 0 Å². The van der Waals surface area contributed by atoms with Crippen LogP contribution in [0.1, 0.15) is 93.6 Å². The second-order valence-corrected chi connectivity index (χ2v) is 12.8. The molecule has 0 aliphatic heterocycles. The van der Waals surface area contributed by atoms with Gasteiger partial charge >= 0.3 is 23.9 Å². The molecule has 0 aliphatic rings. The number of hydrogen-bond donors (Lipinski definition) is 3. The van der Waals surface area contributed by atoms with Gasteiger partial charge in [0.05, 0.1) is 12.7 Å². The number of phenols is 1. The standard InChI is InChI=1S/C26H22O8.C22H32O2/c1-15(27)33-20-12-18(13-21(14-20)34-16(2)28)5-4-17-6-8-19(9-7-17)24-22(26(30)31)10-11-23(29)25(24)32-3;1-2-3-4-5-6-7-8-9-10-11-12-13-14-15-16-17-18-19-20-21-22(23)24/h4-14,29H,1-3H3,(H,30,31);10-21H,2-9H2,1H3,(H,23,24)/b5-4+;. The molecule has 306 valence electrons. The molecule has 3 aromatic carbocycles. The number of hydrogen-bond acceptors (Lipinski definition) is 8. The summed E-state index contributed by atoms with van der Waals surface area (Å²) < 4.78 is 15.5. The summed E-state index contributed by atoms with van der Waals surface area (Å²) in [4.78, 5) is 44.5. The number of carboxylic acid groups (broad SMARTS) is 2. The van der Waals surface area contributed by atoms with E-state index < -0.39 is 23.9 Å². The Morgan fingerprint density at radius 3 is 1.66 bits per heavy atom. The molecule has 0 amide bonds. The van der Waals surface area contributed by atoms with E-state index in [1.165, 1.54) is 90.2 Å². The Kier molecular flexibility index (Phi) is 22.8. The van der Waals surface area contributed by atoms with Gasteiger partial charge in [-0.3, -0.25) is 9.59 Å². The van der Waals surface area contributed by atoms with Crippen LogP contribution in [0.4, 0.5) is 0 Å². The Balaban J connectivity index is 0.000000428. The zero-order valence-corrected chi connectivity index (χ0v) is 33.6. The van der Waals surface area contributed by atoms with Gasteiger partial charge in [0, 0.05) is 31.6 Å². The zero-order valence-electron chi connectivity index (χ0n) is 33.6. The minimum Gasteiger partial charge on any atom is -0.504 e. The number of methoxy groups -OCH3 is 1. The molecular formula is C48H54O10. The van der Waals surface area contributed by atoms with Gasteiger partial charge in [0.15, 0.2) is 11.5 Å². The summed E-state index contributed by atoms with van der Waals surface area (Å²) in [5.74, 6) is -2.72. The van der Waals surface area contributed by atoms with Crippen LogP contribution < -0.4 is 14.2 Å². The number of rotatable bonds is 21. The predicted octanol–water partition coefficient (Wildman–Crippen LogP) is 11.3. The number of ether oxygens (including phenoxy) is 3. The van der Waals surface area contributed by atoms with E-state index in [1.54, 1.807) is 60.7 Å². The predicted molar refractivity (Wildman–Crippen MR) is 230 cm³/mol. The molecule has 0 saturated heterocycles. The average Bonchev–Trinajstić information content (AvgIpc) is 3.17. The highest BCUT2D eigenvalue weighted by atomic mass is 16.5. The monoisotopic (exact) mass is 790 g/mol. The summed E-state index contributed by atoms with van der Waals surface area (Å²) >= 11 is 0. The number of benzene rings is 3. The van der Waals surface area contributed by atoms with Crippen molar-refractivity contribution >= 4 is 36.0 Å². The van der Waals surface area contributed by atoms with E-state index in [1.807, 2.05) is 36.5 Å². The number of allylic oxidation sites excluding steroid dienone is 11. The summed E-state index contributed by atoms with van der Waals surface area (Å²) in [6, 6.07) is 14.2. The fourth-order valence-corrected chi connectivity index (χ4v) is 5.38. The van der Waals surface area contributed by atoms with Crippen molar-refractivity contribution in [3.05, 3.63) is 144 Å². The molecule has 0 aliphatic carbocycles. The van der Waals surface area contributed by atoms with Gasteiger partial charge in [-0.1, -0.05) is 149 Å². The number of aliphatic carboxylic acids is 1. The van der Waals surface area contributed by atoms with E-state index in [2.05, 4.69) is 19.1 Å². The van der Waals surface area contributed by atoms with Crippen LogP contribution in [0, 0.1) is 0 Å². The van der Waals surface area contributed by atoms with E-state index in [0.29, 0.717) is 11.1 Å². The highest BCUT2D eigenvalue weighted by molar-refractivity contribution is 5.99. The van der Waals surface area contributed by atoms with Crippen LogP contribution in [0.3, 0.4) is 0 Å². The number of phenolic OH excluding ortho intramolecular Hbond substituents is 1. The molecule has 3 aromatic rings. The highest BCUT2D eigenvalue weighted by Crippen LogP contribution is 2.40. The number of aromatic carboxylic acids is 1. The molecule has 0 aromatic heterocycles. The lowest BCUT2D eigenvalue weighted by Crippen LogP contribution is -2.04. The molecule has 3 rings (SSSR count). The Hall–Kier alpha value is -6.68. The zero-order chi connectivity index (χ0) is 42.5. The van der Waals surface area contributed by atoms with Crippen molar-refractivity contribution in [2.45, 2.75) is 72.1 Å². The number of aromatic hydroxyl groups is 1. The van der Waals surface area contributed by atoms with Crippen LogP contribution in [0.2, 0.25) is 0 Å². The average molecular weight is 791 g/mol. The lowest BCUT2D eigenvalue weighted by molar-refractivity contribution is -0.132. The molecule has 0 unspecified atom stereocenters. The summed E-state index contributed by atoms with van der Waals surface area (Å²) in [6.45, 7) is 4.79. The Bertz CT molecular complexity index is 1960. The van der Waals surface area contributed by atoms with E-state index in [4.69, 9.17) is 19.3 Å². The molecule has 0 spiro atoms. The molecule has 0 bridgehead atoms. The molecule has 0 atom stereocenters. The van der Waals surface area contributed by atoms with Crippen molar-refractivity contribution < 1.29 is 48.7 Å². The number of carboxylic acids is 2. The fourth-order valence-electron chi connectivity index (χ4n) is 5.38. The Morgan fingerprint density at radius 1 is 0.621 bits per heavy atom. The van der Waals surface area contributed by atoms with Crippen molar-refractivity contribution in [1.82, 2.24) is 0 Å². The molecule has 3 N–H and O–H groups in total. The first-order valence-electron chi connectivity index (χ1n) is 19.1. The van der Waals surface area contributed by atoms with Gasteiger partial charge in [-0.25, -0.2) is 9.59 Å². The van der Waals surface area contributed by atoms with Gasteiger partial charge in [-0.05, 0) is 53.8 Å². The third-order valence-corrected chi connectivity index (χ3v) is 8.01. The first-order valence-corrected chi connectivity index (χ1v) is 19.1. The largest absolute Gasteiger partial charge is 0.504 e. The quantitative estimate of drug-likeness (QED) is 0.0237. The minimum absolute atomic E-state index is 0.00164. The van der Waals surface area contributed by atoms with Crippen molar-refractivity contribution in [2.75, 3.05) is 7.11 Å². The van der Waals surface area contributed by atoms with Crippen molar-refractivity contribution in [3.63, 3.8) is 0 Å². The first kappa shape index (κ1) is 47.5. The van der Waals surface area contributed by atoms with Crippen LogP contribution in [-0.2, 0) is 14.4 Å². The molecule has 58 heavy (non-hydrogen) atoms. The normalized spacial score (nSPS) is 11.7. The number of esters is 2. The maximum atomic E-state index is 11.7. The third-order valence-electron chi connectivity index (χ3n) is 8.01. The second kappa shape index (κ2) is 27.8. The van der Waals surface area contributed by atoms with Crippen molar-refractivity contribution in [1.29, 1.82) is 0 Å². The number of unbranched alkanes of at least 4 members (excludes halogenated alkanes) is 7. The molecule has 0 radical (unpaired) electrons. The summed E-state index contributed by atoms with van der Waals surface area (Å²) in [6.07, 6.45) is 36.3. The molecule has 10 nitrogen and oxygen atoms in total. The first-order chi connectivity index (χ1) is 27.9. The van der Waals surface area contributed by atoms with Gasteiger partial charge in [-0.2, -0.15) is 0 Å². The summed E-state index contributed by atoms with van der Waals surface area (Å²) in [7, 11) is 1.36. The SMILES string of the molecule is CCCCCCCCCC=CC=CC=CC=CC=CC=CC(=O)O.COc1c(O)ccc(C(=O)O)c1-c1ccc(/C=C/c2cc(OC(C)=O)cc(OC(C)=O)c2)cc1. The minimum atomic E-state index is -1.14. The van der Waals surface area contributed by atoms with E-state index in [0.717, 1.165) is 18.1 Å². The number of carbonyl (C=O) groups is 4. The van der Waals surface area contributed by atoms with Crippen LogP contribution in [0.5, 0.6) is 23.0 Å². The second-order valence-electron chi connectivity index (χ2n) is 12.8. The lowest BCUT2D eigenvalue weighted by atomic mass is 9.97. The molecule has 10 heteroatoms. The number of carbonyl (C=O) groups excluding carboxylic acids is 2. The van der Waals surface area contributed by atoms with E-state index in [-0.39, 0.29) is 34.1 Å². The van der Waals surface area contributed by atoms with Crippen LogP contribution in [0.25, 0.3) is 23.3 Å². The smallest absolute Gasteiger partial charge is 0.336 e. The van der Waals surface area contributed by atoms with Crippen molar-refractivity contribution in [2.24, 2.45) is 0 Å². The highest BCUT2D eigenvalue weighted by Gasteiger charge is 2.20. The molecular weight excluding hydrogens is 737 g/mol. The lowest BCUT2D eigenvalue weighted by Gasteiger charge is -2.13. The summed E-state index contributed by atoms with van der Waals surface area (Å²) in [5.41, 5.74) is 2.23. The van der Waals surface area contributed by atoms with Gasteiger partial charge in [-0.15, -0.1) is 0 Å². The van der Waals surface area contributed by atoms with Gasteiger partial charge < -0.3 is 29.5 Å². The van der Waals surface area contributed by atoms with Crippen LogP contribution >= 0.6 is 0 Å².